The number of amides is 1. The Morgan fingerprint density at radius 2 is 1.85 bits per heavy atom. The van der Waals surface area contributed by atoms with E-state index < -0.39 is 0 Å². The molecule has 0 unspecified atom stereocenters. The first kappa shape index (κ1) is 17.0. The minimum Gasteiger partial charge on any atom is -0.355 e. The molecule has 1 amide bonds. The van der Waals surface area contributed by atoms with E-state index in [2.05, 4.69) is 15.4 Å². The molecule has 4 saturated carbocycles. The van der Waals surface area contributed by atoms with Crippen LogP contribution in [0.25, 0.3) is 5.65 Å². The van der Waals surface area contributed by atoms with E-state index in [1.807, 2.05) is 13.8 Å². The SMILES string of the molecule is Cc1nc2cc(=O)[nH]n2c(C)c1CC(=O)NCC12CC3CC(CC(C3)C1)C2. The lowest BCUT2D eigenvalue weighted by Crippen LogP contribution is -2.51. The smallest absolute Gasteiger partial charge is 0.266 e. The summed E-state index contributed by atoms with van der Waals surface area (Å²) in [6.45, 7) is 4.66. The molecule has 4 fully saturated rings. The van der Waals surface area contributed by atoms with Crippen LogP contribution in [-0.2, 0) is 11.2 Å². The Morgan fingerprint density at radius 3 is 2.48 bits per heavy atom. The van der Waals surface area contributed by atoms with Crippen molar-refractivity contribution < 1.29 is 4.79 Å². The van der Waals surface area contributed by atoms with Gasteiger partial charge in [-0.3, -0.25) is 14.7 Å². The van der Waals surface area contributed by atoms with Gasteiger partial charge in [0.15, 0.2) is 5.65 Å². The number of carbonyl (C=O) groups excluding carboxylic acids is 1. The van der Waals surface area contributed by atoms with Gasteiger partial charge in [0.25, 0.3) is 5.56 Å². The summed E-state index contributed by atoms with van der Waals surface area (Å²) in [5, 5.41) is 6.00. The van der Waals surface area contributed by atoms with Gasteiger partial charge in [-0.15, -0.1) is 0 Å². The number of aromatic nitrogens is 3. The standard InChI is InChI=1S/C21H28N4O2/c1-12-17(13(2)25-18(23-12)7-20(27)24-25)6-19(26)22-11-21-8-14-3-15(9-21)5-16(4-14)10-21/h7,14-16H,3-6,8-11H2,1-2H3,(H,22,26)(H,24,27). The second kappa shape index (κ2) is 5.94. The molecule has 0 radical (unpaired) electrons. The van der Waals surface area contributed by atoms with Crippen LogP contribution >= 0.6 is 0 Å². The molecule has 2 heterocycles. The third kappa shape index (κ3) is 2.89. The summed E-state index contributed by atoms with van der Waals surface area (Å²) in [5.74, 6) is 2.76. The van der Waals surface area contributed by atoms with Crippen molar-refractivity contribution in [2.45, 2.75) is 58.8 Å². The number of rotatable bonds is 4. The van der Waals surface area contributed by atoms with Crippen molar-refractivity contribution in [1.29, 1.82) is 0 Å². The van der Waals surface area contributed by atoms with E-state index in [0.717, 1.165) is 41.2 Å². The van der Waals surface area contributed by atoms with E-state index in [1.165, 1.54) is 44.6 Å². The zero-order valence-corrected chi connectivity index (χ0v) is 16.2. The minimum absolute atomic E-state index is 0.0626. The molecule has 0 saturated heterocycles. The quantitative estimate of drug-likeness (QED) is 0.870. The van der Waals surface area contributed by atoms with Gasteiger partial charge >= 0.3 is 0 Å². The largest absolute Gasteiger partial charge is 0.355 e. The summed E-state index contributed by atoms with van der Waals surface area (Å²) in [6, 6.07) is 1.48. The Bertz CT molecular complexity index is 935. The van der Waals surface area contributed by atoms with Crippen LogP contribution in [-0.4, -0.2) is 27.0 Å². The molecule has 2 aromatic heterocycles. The molecule has 0 atom stereocenters. The highest BCUT2D eigenvalue weighted by Gasteiger charge is 2.50. The topological polar surface area (TPSA) is 79.3 Å². The van der Waals surface area contributed by atoms with E-state index in [9.17, 15) is 9.59 Å². The maximum Gasteiger partial charge on any atom is 0.266 e. The van der Waals surface area contributed by atoms with Crippen LogP contribution in [0, 0.1) is 37.0 Å². The van der Waals surface area contributed by atoms with Gasteiger partial charge in [0.1, 0.15) is 0 Å². The highest BCUT2D eigenvalue weighted by atomic mass is 16.1. The number of aromatic amines is 1. The molecule has 0 aliphatic heterocycles. The number of aryl methyl sites for hydroxylation is 2. The molecule has 2 N–H and O–H groups in total. The van der Waals surface area contributed by atoms with Crippen LogP contribution in [0.2, 0.25) is 0 Å². The molecular weight excluding hydrogens is 340 g/mol. The van der Waals surface area contributed by atoms with E-state index in [4.69, 9.17) is 0 Å². The third-order valence-corrected chi connectivity index (χ3v) is 7.37. The van der Waals surface area contributed by atoms with Gasteiger partial charge in [0.2, 0.25) is 5.91 Å². The fraction of sp³-hybridized carbons (Fsp3) is 0.667. The fourth-order valence-electron chi connectivity index (χ4n) is 6.63. The molecule has 6 heteroatoms. The average molecular weight is 368 g/mol. The van der Waals surface area contributed by atoms with Crippen molar-refractivity contribution in [2.24, 2.45) is 23.2 Å². The highest BCUT2D eigenvalue weighted by Crippen LogP contribution is 2.59. The van der Waals surface area contributed by atoms with Crippen LogP contribution in [0.5, 0.6) is 0 Å². The predicted molar refractivity (Wildman–Crippen MR) is 103 cm³/mol. The van der Waals surface area contributed by atoms with Crippen LogP contribution in [0.4, 0.5) is 0 Å². The molecule has 6 nitrogen and oxygen atoms in total. The first-order valence-corrected chi connectivity index (χ1v) is 10.3. The van der Waals surface area contributed by atoms with E-state index in [1.54, 1.807) is 4.52 Å². The van der Waals surface area contributed by atoms with E-state index in [0.29, 0.717) is 17.5 Å². The summed E-state index contributed by atoms with van der Waals surface area (Å²) in [6.07, 6.45) is 8.48. The molecule has 0 spiro atoms. The van der Waals surface area contributed by atoms with Crippen LogP contribution in [0.3, 0.4) is 0 Å². The number of carbonyl (C=O) groups is 1. The molecular formula is C21H28N4O2. The number of nitrogens with one attached hydrogen (secondary N) is 2. The predicted octanol–water partition coefficient (Wildman–Crippen LogP) is 2.51. The lowest BCUT2D eigenvalue weighted by atomic mass is 9.49. The number of fused-ring (bicyclic) bond motifs is 1. The van der Waals surface area contributed by atoms with Crippen molar-refractivity contribution in [3.63, 3.8) is 0 Å². The molecule has 0 aromatic carbocycles. The normalized spacial score (nSPS) is 31.6. The summed E-state index contributed by atoms with van der Waals surface area (Å²) < 4.78 is 1.68. The number of hydrogen-bond donors (Lipinski definition) is 2. The van der Waals surface area contributed by atoms with Crippen LogP contribution in [0.15, 0.2) is 10.9 Å². The molecule has 4 aliphatic rings. The third-order valence-electron chi connectivity index (χ3n) is 7.37. The van der Waals surface area contributed by atoms with Crippen molar-refractivity contribution in [3.8, 4) is 0 Å². The Balaban J connectivity index is 1.30. The van der Waals surface area contributed by atoms with E-state index in [-0.39, 0.29) is 11.5 Å². The summed E-state index contributed by atoms with van der Waals surface area (Å²) >= 11 is 0. The zero-order valence-electron chi connectivity index (χ0n) is 16.2. The maximum atomic E-state index is 12.7. The van der Waals surface area contributed by atoms with E-state index >= 15 is 0 Å². The molecule has 4 aliphatic carbocycles. The maximum absolute atomic E-state index is 12.7. The first-order valence-electron chi connectivity index (χ1n) is 10.3. The molecule has 4 bridgehead atoms. The fourth-order valence-corrected chi connectivity index (χ4v) is 6.63. The number of H-pyrrole nitrogens is 1. The van der Waals surface area contributed by atoms with Gasteiger partial charge in [0.05, 0.1) is 6.42 Å². The number of hydrogen-bond acceptors (Lipinski definition) is 3. The monoisotopic (exact) mass is 368 g/mol. The Morgan fingerprint density at radius 1 is 1.22 bits per heavy atom. The van der Waals surface area contributed by atoms with Crippen molar-refractivity contribution in [1.82, 2.24) is 19.9 Å². The van der Waals surface area contributed by atoms with Crippen molar-refractivity contribution in [3.05, 3.63) is 33.4 Å². The second-order valence-corrected chi connectivity index (χ2v) is 9.45. The van der Waals surface area contributed by atoms with Crippen molar-refractivity contribution in [2.75, 3.05) is 6.54 Å². The zero-order chi connectivity index (χ0) is 18.8. The Hall–Kier alpha value is -2.11. The molecule has 27 heavy (non-hydrogen) atoms. The molecule has 2 aromatic rings. The van der Waals surface area contributed by atoms with Gasteiger partial charge in [-0.25, -0.2) is 9.50 Å². The van der Waals surface area contributed by atoms with Gasteiger partial charge in [0, 0.05) is 29.6 Å². The Kier molecular flexibility index (Phi) is 3.75. The number of nitrogens with zero attached hydrogens (tertiary/aromatic N) is 2. The molecule has 144 valence electrons. The van der Waals surface area contributed by atoms with Gasteiger partial charge in [-0.2, -0.15) is 0 Å². The van der Waals surface area contributed by atoms with Gasteiger partial charge < -0.3 is 5.32 Å². The highest BCUT2D eigenvalue weighted by molar-refractivity contribution is 5.79. The van der Waals surface area contributed by atoms with Gasteiger partial charge in [-0.05, 0) is 75.5 Å². The summed E-state index contributed by atoms with van der Waals surface area (Å²) in [5.41, 5.74) is 3.38. The Labute approximate surface area is 158 Å². The minimum atomic E-state index is -0.173. The van der Waals surface area contributed by atoms with Gasteiger partial charge in [-0.1, -0.05) is 0 Å². The van der Waals surface area contributed by atoms with Crippen molar-refractivity contribution >= 4 is 11.6 Å². The average Bonchev–Trinajstić information content (AvgIpc) is 2.96. The lowest BCUT2D eigenvalue weighted by molar-refractivity contribution is -0.122. The first-order chi connectivity index (χ1) is 12.9. The molecule has 6 rings (SSSR count). The second-order valence-electron chi connectivity index (χ2n) is 9.45. The van der Waals surface area contributed by atoms with Crippen LogP contribution in [0.1, 0.15) is 55.5 Å². The lowest BCUT2D eigenvalue weighted by Gasteiger charge is -2.56. The summed E-state index contributed by atoms with van der Waals surface area (Å²) in [4.78, 5) is 28.8. The summed E-state index contributed by atoms with van der Waals surface area (Å²) in [7, 11) is 0. The van der Waals surface area contributed by atoms with Crippen LogP contribution < -0.4 is 10.9 Å².